The maximum atomic E-state index is 9.27. The van der Waals surface area contributed by atoms with Crippen LogP contribution in [0.5, 0.6) is 0 Å². The molecule has 0 aliphatic heterocycles. The minimum atomic E-state index is 0.689. The van der Waals surface area contributed by atoms with Gasteiger partial charge in [-0.15, -0.1) is 0 Å². The highest BCUT2D eigenvalue weighted by Gasteiger charge is 2.07. The molecule has 0 radical (unpaired) electrons. The summed E-state index contributed by atoms with van der Waals surface area (Å²) in [5.74, 6) is 0. The van der Waals surface area contributed by atoms with E-state index >= 15 is 0 Å². The molecule has 0 saturated carbocycles. The Hall–Kier alpha value is -2.83. The lowest BCUT2D eigenvalue weighted by atomic mass is 10.1. The van der Waals surface area contributed by atoms with Crippen LogP contribution < -0.4 is 5.32 Å². The quantitative estimate of drug-likeness (QED) is 0.706. The third-order valence-electron chi connectivity index (χ3n) is 3.86. The first-order chi connectivity index (χ1) is 11.4. The predicted octanol–water partition coefficient (Wildman–Crippen LogP) is 3.68. The zero-order valence-electron chi connectivity index (χ0n) is 12.9. The predicted molar refractivity (Wildman–Crippen MR) is 92.3 cm³/mol. The Labute approximate surface area is 136 Å². The summed E-state index contributed by atoms with van der Waals surface area (Å²) in [4.78, 5) is 0. The van der Waals surface area contributed by atoms with E-state index in [9.17, 15) is 5.26 Å². The van der Waals surface area contributed by atoms with Gasteiger partial charge in [0.2, 0.25) is 0 Å². The second kappa shape index (κ2) is 7.44. The molecule has 0 unspecified atom stereocenters. The van der Waals surface area contributed by atoms with E-state index in [2.05, 4.69) is 46.3 Å². The highest BCUT2D eigenvalue weighted by molar-refractivity contribution is 5.49. The second-order valence-corrected chi connectivity index (χ2v) is 5.41. The molecule has 2 aromatic carbocycles. The first-order valence-corrected chi connectivity index (χ1v) is 7.79. The molecule has 1 heterocycles. The molecule has 0 amide bonds. The number of nitrogens with one attached hydrogen (secondary N) is 1. The van der Waals surface area contributed by atoms with E-state index in [1.807, 2.05) is 42.6 Å². The summed E-state index contributed by atoms with van der Waals surface area (Å²) in [5, 5.41) is 12.7. The largest absolute Gasteiger partial charge is 0.318 e. The molecule has 0 saturated heterocycles. The lowest BCUT2D eigenvalue weighted by Gasteiger charge is -2.11. The van der Waals surface area contributed by atoms with Crippen molar-refractivity contribution in [2.75, 3.05) is 6.54 Å². The van der Waals surface area contributed by atoms with Crippen molar-refractivity contribution < 1.29 is 0 Å². The Balaban J connectivity index is 1.64. The maximum Gasteiger partial charge on any atom is 0.101 e. The van der Waals surface area contributed by atoms with Gasteiger partial charge in [0.05, 0.1) is 11.3 Å². The smallest absolute Gasteiger partial charge is 0.101 e. The number of hydrogen-bond donors (Lipinski definition) is 1. The van der Waals surface area contributed by atoms with E-state index in [1.165, 1.54) is 5.56 Å². The molecular formula is C20H19N3. The third-order valence-corrected chi connectivity index (χ3v) is 3.86. The van der Waals surface area contributed by atoms with Crippen LogP contribution in [0.3, 0.4) is 0 Å². The van der Waals surface area contributed by atoms with Gasteiger partial charge in [-0.2, -0.15) is 5.26 Å². The van der Waals surface area contributed by atoms with E-state index in [4.69, 9.17) is 0 Å². The number of aromatic nitrogens is 1. The molecule has 0 aliphatic rings. The summed E-state index contributed by atoms with van der Waals surface area (Å²) in [6.07, 6.45) is 3.01. The monoisotopic (exact) mass is 301 g/mol. The first-order valence-electron chi connectivity index (χ1n) is 7.79. The summed E-state index contributed by atoms with van der Waals surface area (Å²) in [5.41, 5.74) is 4.11. The van der Waals surface area contributed by atoms with Gasteiger partial charge >= 0.3 is 0 Å². The van der Waals surface area contributed by atoms with Crippen LogP contribution in [0.25, 0.3) is 5.69 Å². The highest BCUT2D eigenvalue weighted by Crippen LogP contribution is 2.16. The zero-order valence-corrected chi connectivity index (χ0v) is 12.9. The van der Waals surface area contributed by atoms with Crippen LogP contribution in [0.2, 0.25) is 0 Å². The number of nitriles is 1. The average Bonchev–Trinajstić information content (AvgIpc) is 3.08. The van der Waals surface area contributed by atoms with Gasteiger partial charge in [-0.05, 0) is 42.8 Å². The van der Waals surface area contributed by atoms with Crippen LogP contribution in [0.4, 0.5) is 0 Å². The topological polar surface area (TPSA) is 40.8 Å². The number of nitrogens with zero attached hydrogens (tertiary/aromatic N) is 2. The standard InChI is InChI=1S/C20H19N3/c21-15-18-9-4-5-11-20(18)23-14-6-10-19(23)16-22-13-12-17-7-2-1-3-8-17/h1-11,14,22H,12-13,16H2. The van der Waals surface area contributed by atoms with Crippen molar-refractivity contribution in [3.8, 4) is 11.8 Å². The molecule has 1 N–H and O–H groups in total. The minimum Gasteiger partial charge on any atom is -0.318 e. The fourth-order valence-electron chi connectivity index (χ4n) is 2.67. The summed E-state index contributed by atoms with van der Waals surface area (Å²) < 4.78 is 2.08. The number of para-hydroxylation sites is 1. The van der Waals surface area contributed by atoms with E-state index < -0.39 is 0 Å². The highest BCUT2D eigenvalue weighted by atomic mass is 15.0. The zero-order chi connectivity index (χ0) is 15.9. The van der Waals surface area contributed by atoms with Crippen LogP contribution in [-0.4, -0.2) is 11.1 Å². The Bertz CT molecular complexity index is 797. The Kier molecular flexibility index (Phi) is 4.88. The van der Waals surface area contributed by atoms with E-state index in [0.29, 0.717) is 5.56 Å². The fourth-order valence-corrected chi connectivity index (χ4v) is 2.67. The van der Waals surface area contributed by atoms with Gasteiger partial charge in [-0.1, -0.05) is 42.5 Å². The van der Waals surface area contributed by atoms with Crippen molar-refractivity contribution in [3.63, 3.8) is 0 Å². The molecule has 0 aliphatic carbocycles. The van der Waals surface area contributed by atoms with Gasteiger partial charge in [0.15, 0.2) is 0 Å². The Morgan fingerprint density at radius 3 is 2.52 bits per heavy atom. The molecule has 3 nitrogen and oxygen atoms in total. The normalized spacial score (nSPS) is 10.4. The molecule has 3 heteroatoms. The second-order valence-electron chi connectivity index (χ2n) is 5.41. The van der Waals surface area contributed by atoms with Crippen molar-refractivity contribution in [1.82, 2.24) is 9.88 Å². The van der Waals surface area contributed by atoms with Gasteiger partial charge in [0, 0.05) is 18.4 Å². The lowest BCUT2D eigenvalue weighted by Crippen LogP contribution is -2.18. The molecule has 3 rings (SSSR count). The average molecular weight is 301 g/mol. The number of rotatable bonds is 6. The van der Waals surface area contributed by atoms with Crippen molar-refractivity contribution in [1.29, 1.82) is 5.26 Å². The SMILES string of the molecule is N#Cc1ccccc1-n1cccc1CNCCc1ccccc1. The van der Waals surface area contributed by atoms with Crippen molar-refractivity contribution >= 4 is 0 Å². The molecule has 0 atom stereocenters. The van der Waals surface area contributed by atoms with Gasteiger partial charge in [-0.3, -0.25) is 0 Å². The maximum absolute atomic E-state index is 9.27. The van der Waals surface area contributed by atoms with E-state index in [1.54, 1.807) is 0 Å². The summed E-state index contributed by atoms with van der Waals surface area (Å²) in [7, 11) is 0. The van der Waals surface area contributed by atoms with E-state index in [0.717, 1.165) is 30.9 Å². The van der Waals surface area contributed by atoms with Crippen LogP contribution in [0.15, 0.2) is 72.9 Å². The summed E-state index contributed by atoms with van der Waals surface area (Å²) in [6.45, 7) is 1.70. The number of benzene rings is 2. The van der Waals surface area contributed by atoms with Gasteiger partial charge in [0.1, 0.15) is 6.07 Å². The van der Waals surface area contributed by atoms with Crippen LogP contribution in [0.1, 0.15) is 16.8 Å². The third kappa shape index (κ3) is 3.68. The van der Waals surface area contributed by atoms with Gasteiger partial charge in [-0.25, -0.2) is 0 Å². The molecule has 23 heavy (non-hydrogen) atoms. The molecular weight excluding hydrogens is 282 g/mol. The molecule has 0 fully saturated rings. The minimum absolute atomic E-state index is 0.689. The first kappa shape index (κ1) is 15.1. The van der Waals surface area contributed by atoms with Gasteiger partial charge < -0.3 is 9.88 Å². The van der Waals surface area contributed by atoms with E-state index in [-0.39, 0.29) is 0 Å². The van der Waals surface area contributed by atoms with Gasteiger partial charge in [0.25, 0.3) is 0 Å². The lowest BCUT2D eigenvalue weighted by molar-refractivity contribution is 0.665. The van der Waals surface area contributed by atoms with Crippen molar-refractivity contribution in [2.45, 2.75) is 13.0 Å². The molecule has 114 valence electrons. The molecule has 1 aromatic heterocycles. The van der Waals surface area contributed by atoms with Crippen LogP contribution in [0, 0.1) is 11.3 Å². The summed E-state index contributed by atoms with van der Waals surface area (Å²) >= 11 is 0. The fraction of sp³-hybridized carbons (Fsp3) is 0.150. The Morgan fingerprint density at radius 1 is 0.913 bits per heavy atom. The van der Waals surface area contributed by atoms with Crippen molar-refractivity contribution in [3.05, 3.63) is 89.7 Å². The molecule has 0 bridgehead atoms. The molecule has 0 spiro atoms. The summed E-state index contributed by atoms with van der Waals surface area (Å²) in [6, 6.07) is 24.5. The van der Waals surface area contributed by atoms with Crippen molar-refractivity contribution in [2.24, 2.45) is 0 Å². The number of hydrogen-bond acceptors (Lipinski definition) is 2. The Morgan fingerprint density at radius 2 is 1.70 bits per heavy atom. The van der Waals surface area contributed by atoms with Crippen LogP contribution in [-0.2, 0) is 13.0 Å². The van der Waals surface area contributed by atoms with Crippen LogP contribution >= 0.6 is 0 Å². The molecule has 3 aromatic rings.